The van der Waals surface area contributed by atoms with Gasteiger partial charge in [0.1, 0.15) is 0 Å². The lowest BCUT2D eigenvalue weighted by atomic mass is 10.1. The molecule has 4 nitrogen and oxygen atoms in total. The summed E-state index contributed by atoms with van der Waals surface area (Å²) < 4.78 is 0. The van der Waals surface area contributed by atoms with Crippen molar-refractivity contribution in [3.8, 4) is 0 Å². The van der Waals surface area contributed by atoms with Gasteiger partial charge in [-0.25, -0.2) is 0 Å². The molecule has 3 atom stereocenters. The minimum atomic E-state index is -0.321. The lowest BCUT2D eigenvalue weighted by Crippen LogP contribution is -2.33. The van der Waals surface area contributed by atoms with Gasteiger partial charge in [0.25, 0.3) is 0 Å². The van der Waals surface area contributed by atoms with Crippen molar-refractivity contribution in [2.24, 2.45) is 17.6 Å². The number of hydrogen-bond donors (Lipinski definition) is 1. The average Bonchev–Trinajstić information content (AvgIpc) is 3.04. The molecule has 2 fully saturated rings. The predicted octanol–water partition coefficient (Wildman–Crippen LogP) is 2.43. The van der Waals surface area contributed by atoms with Crippen molar-refractivity contribution in [1.29, 1.82) is 0 Å². The highest BCUT2D eigenvalue weighted by Gasteiger charge is 2.47. The highest BCUT2D eigenvalue weighted by molar-refractivity contribution is 6.35. The standard InChI is InChI=1S/C15H16Cl2N2O2/c16-9-1-2-10(13(17)5-9)11-6-12(11)15(21)19-4-3-8(7-19)14(18)20/h1-2,5,8,11-12H,3-4,6-7H2,(H2,18,20)/t8-,11-,12+/m1/s1. The van der Waals surface area contributed by atoms with Crippen LogP contribution in [0.4, 0.5) is 0 Å². The molecule has 2 N–H and O–H groups in total. The molecule has 21 heavy (non-hydrogen) atoms. The molecule has 1 saturated heterocycles. The smallest absolute Gasteiger partial charge is 0.226 e. The van der Waals surface area contributed by atoms with Crippen molar-refractivity contribution in [1.82, 2.24) is 4.90 Å². The number of likely N-dealkylation sites (tertiary alicyclic amines) is 1. The summed E-state index contributed by atoms with van der Waals surface area (Å²) in [5.74, 6) is -0.288. The minimum Gasteiger partial charge on any atom is -0.369 e. The molecule has 1 aliphatic heterocycles. The number of primary amides is 1. The molecule has 6 heteroatoms. The van der Waals surface area contributed by atoms with E-state index in [1.54, 1.807) is 17.0 Å². The zero-order chi connectivity index (χ0) is 15.1. The summed E-state index contributed by atoms with van der Waals surface area (Å²) in [6, 6.07) is 5.39. The van der Waals surface area contributed by atoms with Gasteiger partial charge in [0, 0.05) is 29.1 Å². The van der Waals surface area contributed by atoms with Gasteiger partial charge >= 0.3 is 0 Å². The Balaban J connectivity index is 1.65. The number of rotatable bonds is 3. The van der Waals surface area contributed by atoms with Crippen LogP contribution >= 0.6 is 23.2 Å². The number of nitrogens with two attached hydrogens (primary N) is 1. The quantitative estimate of drug-likeness (QED) is 0.927. The van der Waals surface area contributed by atoms with E-state index in [2.05, 4.69) is 0 Å². The fourth-order valence-electron chi connectivity index (χ4n) is 3.04. The van der Waals surface area contributed by atoms with Gasteiger partial charge in [-0.3, -0.25) is 9.59 Å². The number of hydrogen-bond acceptors (Lipinski definition) is 2. The van der Waals surface area contributed by atoms with Crippen LogP contribution in [0.2, 0.25) is 10.0 Å². The average molecular weight is 327 g/mol. The van der Waals surface area contributed by atoms with Gasteiger partial charge in [0.15, 0.2) is 0 Å². The Bertz CT molecular complexity index is 605. The number of nitrogens with zero attached hydrogens (tertiary/aromatic N) is 1. The SMILES string of the molecule is NC(=O)[C@@H]1CCN(C(=O)[C@H]2C[C@@H]2c2ccc(Cl)cc2Cl)C1. The molecule has 0 aromatic heterocycles. The van der Waals surface area contributed by atoms with Crippen molar-refractivity contribution in [2.45, 2.75) is 18.8 Å². The zero-order valence-electron chi connectivity index (χ0n) is 11.4. The highest BCUT2D eigenvalue weighted by Crippen LogP contribution is 2.51. The lowest BCUT2D eigenvalue weighted by molar-refractivity contribution is -0.131. The Morgan fingerprint density at radius 2 is 2.05 bits per heavy atom. The zero-order valence-corrected chi connectivity index (χ0v) is 12.9. The number of carbonyl (C=O) groups is 2. The predicted molar refractivity (Wildman–Crippen MR) is 81.2 cm³/mol. The van der Waals surface area contributed by atoms with E-state index in [1.807, 2.05) is 6.07 Å². The van der Waals surface area contributed by atoms with Crippen molar-refractivity contribution >= 4 is 35.0 Å². The van der Waals surface area contributed by atoms with Crippen molar-refractivity contribution in [3.05, 3.63) is 33.8 Å². The van der Waals surface area contributed by atoms with E-state index in [0.717, 1.165) is 12.0 Å². The molecular weight excluding hydrogens is 311 g/mol. The molecule has 1 aromatic carbocycles. The molecule has 3 rings (SSSR count). The molecular formula is C15H16Cl2N2O2. The summed E-state index contributed by atoms with van der Waals surface area (Å²) >= 11 is 12.1. The third-order valence-corrected chi connectivity index (χ3v) is 4.93. The third-order valence-electron chi connectivity index (χ3n) is 4.37. The van der Waals surface area contributed by atoms with Gasteiger partial charge in [0.2, 0.25) is 11.8 Å². The first-order valence-corrected chi connectivity index (χ1v) is 7.76. The Hall–Kier alpha value is -1.26. The topological polar surface area (TPSA) is 63.4 Å². The molecule has 1 heterocycles. The second-order valence-corrected chi connectivity index (χ2v) is 6.63. The fourth-order valence-corrected chi connectivity index (χ4v) is 3.59. The highest BCUT2D eigenvalue weighted by atomic mass is 35.5. The maximum atomic E-state index is 12.4. The fraction of sp³-hybridized carbons (Fsp3) is 0.467. The van der Waals surface area contributed by atoms with Crippen LogP contribution in [0.25, 0.3) is 0 Å². The largest absolute Gasteiger partial charge is 0.369 e. The second-order valence-electron chi connectivity index (χ2n) is 5.79. The molecule has 2 amide bonds. The minimum absolute atomic E-state index is 0.0321. The Morgan fingerprint density at radius 3 is 2.67 bits per heavy atom. The number of benzene rings is 1. The van der Waals surface area contributed by atoms with E-state index in [9.17, 15) is 9.59 Å². The van der Waals surface area contributed by atoms with Crippen LogP contribution in [0.5, 0.6) is 0 Å². The molecule has 1 saturated carbocycles. The van der Waals surface area contributed by atoms with Crippen LogP contribution in [0, 0.1) is 11.8 Å². The Labute approximate surface area is 133 Å². The Kier molecular flexibility index (Phi) is 3.84. The van der Waals surface area contributed by atoms with Crippen LogP contribution in [0.3, 0.4) is 0 Å². The normalized spacial score (nSPS) is 27.7. The third kappa shape index (κ3) is 2.87. The molecule has 2 aliphatic rings. The van der Waals surface area contributed by atoms with Crippen molar-refractivity contribution in [3.63, 3.8) is 0 Å². The van der Waals surface area contributed by atoms with Crippen molar-refractivity contribution in [2.75, 3.05) is 13.1 Å². The number of amides is 2. The summed E-state index contributed by atoms with van der Waals surface area (Å²) in [4.78, 5) is 25.4. The summed E-state index contributed by atoms with van der Waals surface area (Å²) in [5, 5.41) is 1.20. The molecule has 0 spiro atoms. The molecule has 0 radical (unpaired) electrons. The van der Waals surface area contributed by atoms with Gasteiger partial charge < -0.3 is 10.6 Å². The van der Waals surface area contributed by atoms with E-state index < -0.39 is 0 Å². The molecule has 1 aromatic rings. The monoisotopic (exact) mass is 326 g/mol. The number of carbonyl (C=O) groups excluding carboxylic acids is 2. The molecule has 1 aliphatic carbocycles. The Morgan fingerprint density at radius 1 is 1.29 bits per heavy atom. The van der Waals surface area contributed by atoms with E-state index in [-0.39, 0.29) is 29.6 Å². The van der Waals surface area contributed by atoms with Crippen LogP contribution in [-0.4, -0.2) is 29.8 Å². The second kappa shape index (κ2) is 5.50. The number of halogens is 2. The maximum Gasteiger partial charge on any atom is 0.226 e. The summed E-state index contributed by atoms with van der Waals surface area (Å²) in [5.41, 5.74) is 6.27. The maximum absolute atomic E-state index is 12.4. The molecule has 112 valence electrons. The van der Waals surface area contributed by atoms with Gasteiger partial charge in [-0.15, -0.1) is 0 Å². The van der Waals surface area contributed by atoms with Crippen LogP contribution < -0.4 is 5.73 Å². The summed E-state index contributed by atoms with van der Waals surface area (Å²) in [6.45, 7) is 1.07. The van der Waals surface area contributed by atoms with Gasteiger partial charge in [-0.1, -0.05) is 29.3 Å². The van der Waals surface area contributed by atoms with E-state index in [4.69, 9.17) is 28.9 Å². The van der Waals surface area contributed by atoms with Gasteiger partial charge in [-0.05, 0) is 36.5 Å². The van der Waals surface area contributed by atoms with Crippen LogP contribution in [-0.2, 0) is 9.59 Å². The summed E-state index contributed by atoms with van der Waals surface area (Å²) in [7, 11) is 0. The first-order valence-electron chi connectivity index (χ1n) is 7.00. The van der Waals surface area contributed by atoms with E-state index in [0.29, 0.717) is 29.6 Å². The van der Waals surface area contributed by atoms with E-state index >= 15 is 0 Å². The van der Waals surface area contributed by atoms with E-state index in [1.165, 1.54) is 0 Å². The first-order chi connectivity index (χ1) is 9.97. The van der Waals surface area contributed by atoms with Crippen molar-refractivity contribution < 1.29 is 9.59 Å². The van der Waals surface area contributed by atoms with Gasteiger partial charge in [0.05, 0.1) is 5.92 Å². The van der Waals surface area contributed by atoms with Crippen LogP contribution in [0.1, 0.15) is 24.3 Å². The first kappa shape index (κ1) is 14.7. The summed E-state index contributed by atoms with van der Waals surface area (Å²) in [6.07, 6.45) is 1.47. The lowest BCUT2D eigenvalue weighted by Gasteiger charge is -2.16. The molecule has 0 bridgehead atoms. The van der Waals surface area contributed by atoms with Crippen LogP contribution in [0.15, 0.2) is 18.2 Å². The molecule has 0 unspecified atom stereocenters. The van der Waals surface area contributed by atoms with Gasteiger partial charge in [-0.2, -0.15) is 0 Å².